The van der Waals surface area contributed by atoms with Gasteiger partial charge in [-0.1, -0.05) is 44.2 Å². The van der Waals surface area contributed by atoms with Gasteiger partial charge in [0.1, 0.15) is 6.04 Å². The highest BCUT2D eigenvalue weighted by Crippen LogP contribution is 2.39. The molecule has 29 heavy (non-hydrogen) atoms. The molecule has 1 saturated carbocycles. The van der Waals surface area contributed by atoms with E-state index in [0.29, 0.717) is 31.2 Å². The van der Waals surface area contributed by atoms with Gasteiger partial charge in [0, 0.05) is 18.1 Å². The zero-order chi connectivity index (χ0) is 21.2. The molecule has 1 aromatic carbocycles. The van der Waals surface area contributed by atoms with Gasteiger partial charge in [-0.2, -0.15) is 11.8 Å². The summed E-state index contributed by atoms with van der Waals surface area (Å²) in [5.41, 5.74) is 1.17. The number of esters is 1. The fraction of sp³-hybridized carbons (Fsp3) is 0.591. The van der Waals surface area contributed by atoms with Crippen LogP contribution in [0.25, 0.3) is 0 Å². The number of rotatable bonds is 12. The van der Waals surface area contributed by atoms with Crippen molar-refractivity contribution in [3.63, 3.8) is 0 Å². The summed E-state index contributed by atoms with van der Waals surface area (Å²) in [5.74, 6) is 0.222. The van der Waals surface area contributed by atoms with Gasteiger partial charge >= 0.3 is 5.97 Å². The van der Waals surface area contributed by atoms with Crippen LogP contribution in [0, 0.1) is 17.8 Å². The van der Waals surface area contributed by atoms with Crippen molar-refractivity contribution in [1.29, 1.82) is 0 Å². The molecule has 6 nitrogen and oxygen atoms in total. The van der Waals surface area contributed by atoms with Gasteiger partial charge < -0.3 is 15.4 Å². The Balaban J connectivity index is 1.88. The van der Waals surface area contributed by atoms with E-state index in [4.69, 9.17) is 4.74 Å². The molecule has 2 amide bonds. The Bertz CT molecular complexity index is 681. The SMILES string of the molecule is CCOC(=O)[C@H]1C[C@@H]1C(=O)N[C@@H](CSCc1ccccc1)C(=O)NCCC(C)C. The molecule has 0 radical (unpaired) electrons. The first-order valence-corrected chi connectivity index (χ1v) is 11.4. The summed E-state index contributed by atoms with van der Waals surface area (Å²) in [6, 6.07) is 9.39. The summed E-state index contributed by atoms with van der Waals surface area (Å²) in [6.45, 7) is 6.84. The fourth-order valence-corrected chi connectivity index (χ4v) is 3.95. The number of hydrogen-bond acceptors (Lipinski definition) is 5. The van der Waals surface area contributed by atoms with E-state index >= 15 is 0 Å². The molecule has 0 spiro atoms. The van der Waals surface area contributed by atoms with Crippen LogP contribution >= 0.6 is 11.8 Å². The molecule has 0 aliphatic heterocycles. The molecule has 0 bridgehead atoms. The Morgan fingerprint density at radius 1 is 1.17 bits per heavy atom. The Kier molecular flexibility index (Phi) is 9.51. The van der Waals surface area contributed by atoms with Crippen LogP contribution in [0.4, 0.5) is 0 Å². The molecular formula is C22H32N2O4S. The second-order valence-corrected chi connectivity index (χ2v) is 8.77. The Morgan fingerprint density at radius 2 is 1.90 bits per heavy atom. The van der Waals surface area contributed by atoms with E-state index in [1.165, 1.54) is 5.56 Å². The lowest BCUT2D eigenvalue weighted by Gasteiger charge is -2.19. The first kappa shape index (κ1) is 23.3. The molecule has 0 unspecified atom stereocenters. The highest BCUT2D eigenvalue weighted by molar-refractivity contribution is 7.98. The fourth-order valence-electron chi connectivity index (χ4n) is 2.93. The van der Waals surface area contributed by atoms with E-state index in [9.17, 15) is 14.4 Å². The van der Waals surface area contributed by atoms with Gasteiger partial charge in [-0.3, -0.25) is 14.4 Å². The molecule has 0 saturated heterocycles. The first-order valence-electron chi connectivity index (χ1n) is 10.3. The van der Waals surface area contributed by atoms with Crippen LogP contribution in [0.2, 0.25) is 0 Å². The summed E-state index contributed by atoms with van der Waals surface area (Å²) in [4.78, 5) is 37.0. The zero-order valence-corrected chi connectivity index (χ0v) is 18.3. The minimum absolute atomic E-state index is 0.173. The number of ether oxygens (including phenoxy) is 1. The third-order valence-electron chi connectivity index (χ3n) is 4.77. The quantitative estimate of drug-likeness (QED) is 0.508. The number of carbonyl (C=O) groups excluding carboxylic acids is 3. The normalized spacial score (nSPS) is 18.8. The number of benzene rings is 1. The molecule has 2 rings (SSSR count). The largest absolute Gasteiger partial charge is 0.466 e. The second kappa shape index (κ2) is 11.9. The summed E-state index contributed by atoms with van der Waals surface area (Å²) in [5, 5.41) is 5.77. The highest BCUT2D eigenvalue weighted by Gasteiger charge is 2.49. The van der Waals surface area contributed by atoms with E-state index in [-0.39, 0.29) is 29.6 Å². The van der Waals surface area contributed by atoms with Gasteiger partial charge in [0.2, 0.25) is 11.8 Å². The monoisotopic (exact) mass is 420 g/mol. The molecule has 3 atom stereocenters. The standard InChI is InChI=1S/C22H32N2O4S/c1-4-28-22(27)18-12-17(18)20(25)24-19(21(26)23-11-10-15(2)3)14-29-13-16-8-6-5-7-9-16/h5-9,15,17-19H,4,10-14H2,1-3H3,(H,23,26)(H,24,25)/t17-,18-,19-/m0/s1. The van der Waals surface area contributed by atoms with Crippen molar-refractivity contribution in [2.75, 3.05) is 18.9 Å². The van der Waals surface area contributed by atoms with Crippen LogP contribution in [0.1, 0.15) is 39.2 Å². The second-order valence-electron chi connectivity index (χ2n) is 7.74. The number of thioether (sulfide) groups is 1. The number of hydrogen-bond donors (Lipinski definition) is 2. The van der Waals surface area contributed by atoms with Crippen LogP contribution in [-0.2, 0) is 24.9 Å². The van der Waals surface area contributed by atoms with Crippen LogP contribution in [-0.4, -0.2) is 42.7 Å². The van der Waals surface area contributed by atoms with Gasteiger partial charge in [0.25, 0.3) is 0 Å². The lowest BCUT2D eigenvalue weighted by atomic mass is 10.1. The van der Waals surface area contributed by atoms with Crippen LogP contribution in [0.5, 0.6) is 0 Å². The molecule has 1 fully saturated rings. The van der Waals surface area contributed by atoms with Crippen LogP contribution in [0.3, 0.4) is 0 Å². The van der Waals surface area contributed by atoms with Crippen molar-refractivity contribution in [2.24, 2.45) is 17.8 Å². The molecule has 2 N–H and O–H groups in total. The zero-order valence-electron chi connectivity index (χ0n) is 17.5. The number of amides is 2. The van der Waals surface area contributed by atoms with Crippen molar-refractivity contribution in [3.8, 4) is 0 Å². The average Bonchev–Trinajstić information content (AvgIpc) is 3.49. The van der Waals surface area contributed by atoms with E-state index in [1.54, 1.807) is 18.7 Å². The lowest BCUT2D eigenvalue weighted by Crippen LogP contribution is -2.49. The third-order valence-corrected chi connectivity index (χ3v) is 5.87. The number of nitrogens with one attached hydrogen (secondary N) is 2. The molecule has 1 aromatic rings. The van der Waals surface area contributed by atoms with Crippen molar-refractivity contribution < 1.29 is 19.1 Å². The van der Waals surface area contributed by atoms with Crippen molar-refractivity contribution >= 4 is 29.5 Å². The minimum Gasteiger partial charge on any atom is -0.466 e. The van der Waals surface area contributed by atoms with Crippen molar-refractivity contribution in [1.82, 2.24) is 10.6 Å². The van der Waals surface area contributed by atoms with E-state index in [0.717, 1.165) is 12.2 Å². The smallest absolute Gasteiger partial charge is 0.309 e. The Hall–Kier alpha value is -2.02. The van der Waals surface area contributed by atoms with Gasteiger partial charge in [-0.15, -0.1) is 0 Å². The van der Waals surface area contributed by atoms with Gasteiger partial charge in [0.15, 0.2) is 0 Å². The van der Waals surface area contributed by atoms with E-state index in [2.05, 4.69) is 24.5 Å². The minimum atomic E-state index is -0.619. The summed E-state index contributed by atoms with van der Waals surface area (Å²) in [6.07, 6.45) is 1.38. The summed E-state index contributed by atoms with van der Waals surface area (Å²) < 4.78 is 4.99. The first-order chi connectivity index (χ1) is 13.9. The van der Waals surface area contributed by atoms with E-state index < -0.39 is 6.04 Å². The van der Waals surface area contributed by atoms with Crippen molar-refractivity contribution in [2.45, 2.75) is 45.4 Å². The molecule has 1 aliphatic rings. The molecule has 7 heteroatoms. The van der Waals surface area contributed by atoms with Gasteiger partial charge in [0.05, 0.1) is 18.4 Å². The molecular weight excluding hydrogens is 388 g/mol. The van der Waals surface area contributed by atoms with Crippen LogP contribution in [0.15, 0.2) is 30.3 Å². The predicted octanol–water partition coefficient (Wildman–Crippen LogP) is 2.77. The summed E-state index contributed by atoms with van der Waals surface area (Å²) in [7, 11) is 0. The predicted molar refractivity (Wildman–Crippen MR) is 115 cm³/mol. The highest BCUT2D eigenvalue weighted by atomic mass is 32.2. The Morgan fingerprint density at radius 3 is 2.55 bits per heavy atom. The average molecular weight is 421 g/mol. The lowest BCUT2D eigenvalue weighted by molar-refractivity contribution is -0.146. The maximum atomic E-state index is 12.6. The maximum absolute atomic E-state index is 12.6. The molecule has 1 aliphatic carbocycles. The molecule has 0 aromatic heterocycles. The number of carbonyl (C=O) groups is 3. The van der Waals surface area contributed by atoms with E-state index in [1.807, 2.05) is 30.3 Å². The maximum Gasteiger partial charge on any atom is 0.309 e. The van der Waals surface area contributed by atoms with Crippen molar-refractivity contribution in [3.05, 3.63) is 35.9 Å². The molecule has 0 heterocycles. The Labute approximate surface area is 177 Å². The van der Waals surface area contributed by atoms with Gasteiger partial charge in [-0.25, -0.2) is 0 Å². The molecule has 160 valence electrons. The van der Waals surface area contributed by atoms with Gasteiger partial charge in [-0.05, 0) is 31.2 Å². The topological polar surface area (TPSA) is 84.5 Å². The van der Waals surface area contributed by atoms with Crippen LogP contribution < -0.4 is 10.6 Å². The summed E-state index contributed by atoms with van der Waals surface area (Å²) >= 11 is 1.60. The third kappa shape index (κ3) is 8.09.